The van der Waals surface area contributed by atoms with Crippen molar-refractivity contribution in [2.24, 2.45) is 51.2 Å². The summed E-state index contributed by atoms with van der Waals surface area (Å²) in [7, 11) is -4.78. The van der Waals surface area contributed by atoms with Crippen molar-refractivity contribution >= 4 is 31.3 Å². The summed E-state index contributed by atoms with van der Waals surface area (Å²) in [6.07, 6.45) is 6.98. The van der Waals surface area contributed by atoms with Gasteiger partial charge in [0.05, 0.1) is 6.61 Å². The van der Waals surface area contributed by atoms with Gasteiger partial charge in [-0.3, -0.25) is 23.7 Å². The molecule has 11 atom stereocenters. The van der Waals surface area contributed by atoms with Gasteiger partial charge in [0.1, 0.15) is 6.10 Å². The molecule has 0 amide bonds. The second-order valence-electron chi connectivity index (χ2n) is 14.5. The highest BCUT2D eigenvalue weighted by molar-refractivity contribution is 7.46. The predicted octanol–water partition coefficient (Wildman–Crippen LogP) is 4.72. The van der Waals surface area contributed by atoms with E-state index in [0.717, 1.165) is 32.1 Å². The van der Waals surface area contributed by atoms with E-state index < -0.39 is 61.6 Å². The van der Waals surface area contributed by atoms with E-state index in [1.807, 2.05) is 0 Å². The second-order valence-corrected chi connectivity index (χ2v) is 15.7. The van der Waals surface area contributed by atoms with Gasteiger partial charge < -0.3 is 19.3 Å². The number of carbonyl (C=O) groups excluding carboxylic acids is 4. The number of allylic oxidation sites excluding steroid dienone is 2. The predicted molar refractivity (Wildman–Crippen MR) is 155 cm³/mol. The van der Waals surface area contributed by atoms with Crippen LogP contribution in [0.1, 0.15) is 80.1 Å². The Hall–Kier alpha value is -2.13. The van der Waals surface area contributed by atoms with Gasteiger partial charge in [0.25, 0.3) is 0 Å². The molecule has 5 rings (SSSR count). The van der Waals surface area contributed by atoms with Crippen LogP contribution in [-0.2, 0) is 37.7 Å². The molecule has 0 aromatic rings. The fourth-order valence-corrected chi connectivity index (χ4v) is 10.9. The highest BCUT2D eigenvalue weighted by Gasteiger charge is 2.82. The first-order valence-corrected chi connectivity index (χ1v) is 16.9. The third kappa shape index (κ3) is 4.82. The van der Waals surface area contributed by atoms with Crippen molar-refractivity contribution in [3.05, 3.63) is 24.3 Å². The summed E-state index contributed by atoms with van der Waals surface area (Å²) in [4.78, 5) is 69.9. The number of Topliss-reactive ketones (excluding diaryl/α,β-unsaturated/α-hetero) is 1. The Balaban J connectivity index is 1.52. The lowest BCUT2D eigenvalue weighted by Crippen LogP contribution is -2.57. The van der Waals surface area contributed by atoms with Gasteiger partial charge in [0, 0.05) is 31.6 Å². The molecule has 0 bridgehead atoms. The molecule has 10 nitrogen and oxygen atoms in total. The summed E-state index contributed by atoms with van der Waals surface area (Å²) in [5.41, 5.74) is -0.891. The van der Waals surface area contributed by atoms with Gasteiger partial charge in [-0.05, 0) is 83.7 Å². The van der Waals surface area contributed by atoms with Gasteiger partial charge in [0.2, 0.25) is 0 Å². The van der Waals surface area contributed by atoms with E-state index in [9.17, 15) is 23.7 Å². The minimum atomic E-state index is -4.78. The standard InChI is InChI=1S/C32H45O10P/c1-17(15-40-43(37,38)39)18(2)27(36)28(42-21(5)34)26-24(41-20(4)33)14-30(7)25-9-8-22-19(3)23(35)10-11-31(22)16-32(25,31)13-12-29(26,30)6/h10-11,17,19,22,24-26,28H,2,8-9,12-16H2,1,3-7H3,(H2,37,38,39)/t17-,19-,22-,24-,25-,26?,28+,29+,30-,31+,32-/m0/s1. The van der Waals surface area contributed by atoms with Crippen LogP contribution in [0.25, 0.3) is 0 Å². The van der Waals surface area contributed by atoms with Gasteiger partial charge >= 0.3 is 19.8 Å². The molecule has 0 heterocycles. The Morgan fingerprint density at radius 3 is 2.40 bits per heavy atom. The summed E-state index contributed by atoms with van der Waals surface area (Å²) in [5, 5.41) is 0. The highest BCUT2D eigenvalue weighted by atomic mass is 31.2. The first-order chi connectivity index (χ1) is 19.8. The molecule has 2 N–H and O–H groups in total. The zero-order valence-electron chi connectivity index (χ0n) is 26.0. The monoisotopic (exact) mass is 620 g/mol. The largest absolute Gasteiger partial charge is 0.469 e. The summed E-state index contributed by atoms with van der Waals surface area (Å²) >= 11 is 0. The minimum absolute atomic E-state index is 0.00918. The Bertz CT molecular complexity index is 1330. The van der Waals surface area contributed by atoms with E-state index >= 15 is 0 Å². The Labute approximate surface area is 253 Å². The van der Waals surface area contributed by atoms with Crippen molar-refractivity contribution in [2.45, 2.75) is 92.3 Å². The molecule has 1 unspecified atom stereocenters. The number of ether oxygens (including phenoxy) is 2. The van der Waals surface area contributed by atoms with Crippen molar-refractivity contribution in [3.63, 3.8) is 0 Å². The van der Waals surface area contributed by atoms with Gasteiger partial charge in [0.15, 0.2) is 17.7 Å². The minimum Gasteiger partial charge on any atom is -0.462 e. The first kappa shape index (κ1) is 32.3. The molecule has 5 aliphatic carbocycles. The first-order valence-electron chi connectivity index (χ1n) is 15.3. The van der Waals surface area contributed by atoms with Crippen molar-refractivity contribution in [1.82, 2.24) is 0 Å². The van der Waals surface area contributed by atoms with Crippen LogP contribution in [0.3, 0.4) is 0 Å². The van der Waals surface area contributed by atoms with Crippen molar-refractivity contribution in [3.8, 4) is 0 Å². The SMILES string of the molecule is C=C(C(=O)[C@H](OC(C)=O)C1[C@@H](OC(C)=O)C[C@@]2(C)[C@@H]3CC[C@H]4[C@H](C)C(=O)C=C[C@@]45C[C@@]35CC[C@]12C)[C@@H](C)COP(=O)(O)O. The third-order valence-electron chi connectivity index (χ3n) is 12.6. The number of fused-ring (bicyclic) bond motifs is 2. The average Bonchev–Trinajstić information content (AvgIpc) is 3.51. The van der Waals surface area contributed by atoms with Crippen molar-refractivity contribution < 1.29 is 47.5 Å². The number of rotatable bonds is 9. The molecule has 238 valence electrons. The number of esters is 2. The summed E-state index contributed by atoms with van der Waals surface area (Å²) in [6.45, 7) is 14.0. The molecule has 11 heteroatoms. The van der Waals surface area contributed by atoms with Gasteiger partial charge in [-0.15, -0.1) is 0 Å². The van der Waals surface area contributed by atoms with E-state index in [2.05, 4.69) is 37.9 Å². The molecule has 4 fully saturated rings. The van der Waals surface area contributed by atoms with Crippen LogP contribution in [0.2, 0.25) is 0 Å². The molecule has 43 heavy (non-hydrogen) atoms. The average molecular weight is 621 g/mol. The third-order valence-corrected chi connectivity index (χ3v) is 13.1. The van der Waals surface area contributed by atoms with Crippen molar-refractivity contribution in [1.29, 1.82) is 0 Å². The van der Waals surface area contributed by atoms with Gasteiger partial charge in [-0.25, -0.2) is 4.57 Å². The highest BCUT2D eigenvalue weighted by Crippen LogP contribution is 2.87. The fraction of sp³-hybridized carbons (Fsp3) is 0.750. The van der Waals surface area contributed by atoms with Crippen LogP contribution in [-0.4, -0.2) is 52.1 Å². The van der Waals surface area contributed by atoms with E-state index in [1.54, 1.807) is 13.0 Å². The number of hydrogen-bond acceptors (Lipinski definition) is 8. The lowest BCUT2D eigenvalue weighted by atomic mass is 9.43. The van der Waals surface area contributed by atoms with Crippen LogP contribution in [0.4, 0.5) is 0 Å². The van der Waals surface area contributed by atoms with E-state index in [0.29, 0.717) is 12.3 Å². The lowest BCUT2D eigenvalue weighted by molar-refractivity contribution is -0.173. The smallest absolute Gasteiger partial charge is 0.462 e. The topological polar surface area (TPSA) is 154 Å². The molecule has 0 aromatic carbocycles. The summed E-state index contributed by atoms with van der Waals surface area (Å²) in [5.74, 6) is -2.39. The zero-order chi connectivity index (χ0) is 31.9. The second kappa shape index (κ2) is 10.5. The van der Waals surface area contributed by atoms with E-state index in [4.69, 9.17) is 19.3 Å². The summed E-state index contributed by atoms with van der Waals surface area (Å²) in [6, 6.07) is 0. The molecule has 0 aromatic heterocycles. The maximum atomic E-state index is 14.1. The normalized spacial score (nSPS) is 42.4. The van der Waals surface area contributed by atoms with Crippen molar-refractivity contribution in [2.75, 3.05) is 6.61 Å². The molecule has 0 saturated heterocycles. The Kier molecular flexibility index (Phi) is 7.85. The molecule has 5 aliphatic rings. The number of phosphoric acid groups is 1. The molecule has 4 saturated carbocycles. The number of phosphoric ester groups is 1. The number of hydrogen-bond donors (Lipinski definition) is 2. The lowest BCUT2D eigenvalue weighted by Gasteiger charge is -2.60. The molecular formula is C32H45O10P. The maximum Gasteiger partial charge on any atom is 0.469 e. The van der Waals surface area contributed by atoms with Crippen LogP contribution in [0.15, 0.2) is 24.3 Å². The van der Waals surface area contributed by atoms with Gasteiger partial charge in [-0.1, -0.05) is 40.3 Å². The number of ketones is 2. The van der Waals surface area contributed by atoms with Crippen LogP contribution < -0.4 is 0 Å². The molecule has 2 spiro atoms. The van der Waals surface area contributed by atoms with E-state index in [-0.39, 0.29) is 39.4 Å². The van der Waals surface area contributed by atoms with Crippen LogP contribution in [0.5, 0.6) is 0 Å². The van der Waals surface area contributed by atoms with Gasteiger partial charge in [-0.2, -0.15) is 0 Å². The molecular weight excluding hydrogens is 575 g/mol. The summed E-state index contributed by atoms with van der Waals surface area (Å²) < 4.78 is 27.6. The number of carbonyl (C=O) groups is 4. The Morgan fingerprint density at radius 2 is 1.79 bits per heavy atom. The maximum absolute atomic E-state index is 14.1. The quantitative estimate of drug-likeness (QED) is 0.210. The van der Waals surface area contributed by atoms with E-state index in [1.165, 1.54) is 13.8 Å². The molecule has 0 radical (unpaired) electrons. The molecule has 0 aliphatic heterocycles. The van der Waals surface area contributed by atoms with Crippen LogP contribution in [0, 0.1) is 51.2 Å². The Morgan fingerprint density at radius 1 is 1.12 bits per heavy atom. The zero-order valence-corrected chi connectivity index (χ0v) is 26.9. The van der Waals surface area contributed by atoms with Crippen LogP contribution >= 0.6 is 7.82 Å². The fourth-order valence-electron chi connectivity index (χ4n) is 10.5.